The van der Waals surface area contributed by atoms with Crippen LogP contribution in [0.4, 0.5) is 0 Å². The highest BCUT2D eigenvalue weighted by Crippen LogP contribution is 2.09. The SMILES string of the molecule is C=CC(=O)NCc1c(C)cc(=O)oc1C. The molecule has 0 radical (unpaired) electrons. The highest BCUT2D eigenvalue weighted by molar-refractivity contribution is 5.86. The van der Waals surface area contributed by atoms with Crippen molar-refractivity contribution in [2.75, 3.05) is 0 Å². The van der Waals surface area contributed by atoms with Crippen molar-refractivity contribution in [3.05, 3.63) is 46.0 Å². The van der Waals surface area contributed by atoms with E-state index in [2.05, 4.69) is 11.9 Å². The first-order valence-corrected chi connectivity index (χ1v) is 4.55. The van der Waals surface area contributed by atoms with Gasteiger partial charge in [-0.25, -0.2) is 4.79 Å². The number of carbonyl (C=O) groups is 1. The molecule has 0 atom stereocenters. The molecule has 0 saturated carbocycles. The number of hydrogen-bond donors (Lipinski definition) is 1. The zero-order chi connectivity index (χ0) is 11.4. The normalized spacial score (nSPS) is 9.73. The molecule has 0 unspecified atom stereocenters. The molecule has 0 aliphatic carbocycles. The van der Waals surface area contributed by atoms with Crippen LogP contribution in [0.1, 0.15) is 16.9 Å². The van der Waals surface area contributed by atoms with Crippen LogP contribution < -0.4 is 10.9 Å². The van der Waals surface area contributed by atoms with Crippen molar-refractivity contribution in [2.45, 2.75) is 20.4 Å². The maximum atomic E-state index is 11.0. The Kier molecular flexibility index (Phi) is 3.44. The Morgan fingerprint density at radius 2 is 2.27 bits per heavy atom. The minimum atomic E-state index is -0.371. The van der Waals surface area contributed by atoms with E-state index in [4.69, 9.17) is 4.42 Å². The smallest absolute Gasteiger partial charge is 0.336 e. The number of hydrogen-bond acceptors (Lipinski definition) is 3. The van der Waals surface area contributed by atoms with Gasteiger partial charge < -0.3 is 9.73 Å². The molecular weight excluding hydrogens is 194 g/mol. The van der Waals surface area contributed by atoms with Crippen molar-refractivity contribution in [1.82, 2.24) is 5.32 Å². The van der Waals surface area contributed by atoms with Gasteiger partial charge in [-0.3, -0.25) is 4.79 Å². The third-order valence-corrected chi connectivity index (χ3v) is 2.11. The number of aryl methyl sites for hydroxylation is 2. The van der Waals surface area contributed by atoms with Gasteiger partial charge in [0.2, 0.25) is 5.91 Å². The van der Waals surface area contributed by atoms with Gasteiger partial charge in [0, 0.05) is 18.2 Å². The maximum absolute atomic E-state index is 11.0. The largest absolute Gasteiger partial charge is 0.428 e. The molecule has 1 heterocycles. The van der Waals surface area contributed by atoms with Gasteiger partial charge in [0.05, 0.1) is 0 Å². The van der Waals surface area contributed by atoms with Gasteiger partial charge in [-0.15, -0.1) is 0 Å². The molecule has 80 valence electrons. The third-order valence-electron chi connectivity index (χ3n) is 2.11. The van der Waals surface area contributed by atoms with Crippen molar-refractivity contribution < 1.29 is 9.21 Å². The summed E-state index contributed by atoms with van der Waals surface area (Å²) in [5.41, 5.74) is 1.27. The second-order valence-corrected chi connectivity index (χ2v) is 3.21. The quantitative estimate of drug-likeness (QED) is 0.754. The van der Waals surface area contributed by atoms with Gasteiger partial charge in [0.15, 0.2) is 0 Å². The average molecular weight is 207 g/mol. The molecule has 1 amide bonds. The van der Waals surface area contributed by atoms with Crippen molar-refractivity contribution in [3.63, 3.8) is 0 Å². The Hall–Kier alpha value is -1.84. The van der Waals surface area contributed by atoms with Gasteiger partial charge >= 0.3 is 5.63 Å². The molecule has 0 saturated heterocycles. The third kappa shape index (κ3) is 2.80. The minimum absolute atomic E-state index is 0.250. The molecule has 4 nitrogen and oxygen atoms in total. The van der Waals surface area contributed by atoms with Gasteiger partial charge in [0.1, 0.15) is 5.76 Å². The fourth-order valence-electron chi connectivity index (χ4n) is 1.30. The summed E-state index contributed by atoms with van der Waals surface area (Å²) in [5.74, 6) is 0.282. The first-order chi connectivity index (χ1) is 7.04. The zero-order valence-corrected chi connectivity index (χ0v) is 8.79. The van der Waals surface area contributed by atoms with Gasteiger partial charge in [-0.2, -0.15) is 0 Å². The molecular formula is C11H13NO3. The van der Waals surface area contributed by atoms with E-state index < -0.39 is 0 Å². The molecule has 0 aromatic carbocycles. The van der Waals surface area contributed by atoms with E-state index in [1.807, 2.05) is 0 Å². The predicted octanol–water partition coefficient (Wildman–Crippen LogP) is 1.06. The first kappa shape index (κ1) is 11.2. The summed E-state index contributed by atoms with van der Waals surface area (Å²) < 4.78 is 4.92. The lowest BCUT2D eigenvalue weighted by molar-refractivity contribution is -0.116. The zero-order valence-electron chi connectivity index (χ0n) is 8.79. The van der Waals surface area contributed by atoms with Crippen LogP contribution in [-0.2, 0) is 11.3 Å². The fourth-order valence-corrected chi connectivity index (χ4v) is 1.30. The molecule has 0 aliphatic heterocycles. The molecule has 1 rings (SSSR count). The Labute approximate surface area is 87.6 Å². The summed E-state index contributed by atoms with van der Waals surface area (Å²) >= 11 is 0. The van der Waals surface area contributed by atoms with E-state index in [9.17, 15) is 9.59 Å². The van der Waals surface area contributed by atoms with Gasteiger partial charge in [-0.05, 0) is 25.5 Å². The van der Waals surface area contributed by atoms with Crippen LogP contribution in [0.5, 0.6) is 0 Å². The number of rotatable bonds is 3. The molecule has 0 spiro atoms. The molecule has 0 bridgehead atoms. The van der Waals surface area contributed by atoms with Crippen LogP contribution in [0, 0.1) is 13.8 Å². The molecule has 1 N–H and O–H groups in total. The molecule has 0 aliphatic rings. The van der Waals surface area contributed by atoms with Crippen LogP contribution in [0.15, 0.2) is 27.9 Å². The molecule has 4 heteroatoms. The number of amides is 1. The van der Waals surface area contributed by atoms with Gasteiger partial charge in [-0.1, -0.05) is 6.58 Å². The van der Waals surface area contributed by atoms with E-state index in [0.717, 1.165) is 11.1 Å². The van der Waals surface area contributed by atoms with Crippen LogP contribution in [0.2, 0.25) is 0 Å². The molecule has 1 aromatic heterocycles. The predicted molar refractivity (Wildman–Crippen MR) is 56.5 cm³/mol. The Bertz CT molecular complexity index is 419. The maximum Gasteiger partial charge on any atom is 0.336 e. The van der Waals surface area contributed by atoms with Crippen LogP contribution in [0.3, 0.4) is 0 Å². The Morgan fingerprint density at radius 3 is 2.80 bits per heavy atom. The van der Waals surface area contributed by atoms with Crippen molar-refractivity contribution in [3.8, 4) is 0 Å². The monoisotopic (exact) mass is 207 g/mol. The minimum Gasteiger partial charge on any atom is -0.428 e. The van der Waals surface area contributed by atoms with Crippen molar-refractivity contribution in [1.29, 1.82) is 0 Å². The van der Waals surface area contributed by atoms with E-state index in [1.165, 1.54) is 12.1 Å². The highest BCUT2D eigenvalue weighted by atomic mass is 16.4. The van der Waals surface area contributed by atoms with Crippen LogP contribution >= 0.6 is 0 Å². The standard InChI is InChI=1S/C11H13NO3/c1-4-10(13)12-6-9-7(2)5-11(14)15-8(9)3/h4-5H,1,6H2,2-3H3,(H,12,13). The van der Waals surface area contributed by atoms with Crippen LogP contribution in [-0.4, -0.2) is 5.91 Å². The average Bonchev–Trinajstić information content (AvgIpc) is 2.15. The van der Waals surface area contributed by atoms with E-state index in [-0.39, 0.29) is 11.5 Å². The summed E-state index contributed by atoms with van der Waals surface area (Å²) in [4.78, 5) is 21.9. The summed E-state index contributed by atoms with van der Waals surface area (Å²) in [5, 5.41) is 2.63. The summed E-state index contributed by atoms with van der Waals surface area (Å²) in [6, 6.07) is 1.41. The lowest BCUT2D eigenvalue weighted by Gasteiger charge is -2.07. The van der Waals surface area contributed by atoms with Crippen molar-refractivity contribution >= 4 is 5.91 Å². The highest BCUT2D eigenvalue weighted by Gasteiger charge is 2.06. The topological polar surface area (TPSA) is 59.3 Å². The lowest BCUT2D eigenvalue weighted by Crippen LogP contribution is -2.21. The molecule has 15 heavy (non-hydrogen) atoms. The summed E-state index contributed by atoms with van der Waals surface area (Å²) in [6.45, 7) is 7.19. The first-order valence-electron chi connectivity index (χ1n) is 4.55. The lowest BCUT2D eigenvalue weighted by atomic mass is 10.1. The van der Waals surface area contributed by atoms with E-state index in [0.29, 0.717) is 12.3 Å². The fraction of sp³-hybridized carbons (Fsp3) is 0.273. The Morgan fingerprint density at radius 1 is 1.60 bits per heavy atom. The number of nitrogens with one attached hydrogen (secondary N) is 1. The Balaban J connectivity index is 2.90. The van der Waals surface area contributed by atoms with Gasteiger partial charge in [0.25, 0.3) is 0 Å². The van der Waals surface area contributed by atoms with E-state index >= 15 is 0 Å². The summed E-state index contributed by atoms with van der Waals surface area (Å²) in [6.07, 6.45) is 1.20. The number of carbonyl (C=O) groups excluding carboxylic acids is 1. The second-order valence-electron chi connectivity index (χ2n) is 3.21. The van der Waals surface area contributed by atoms with Crippen molar-refractivity contribution in [2.24, 2.45) is 0 Å². The summed E-state index contributed by atoms with van der Waals surface area (Å²) in [7, 11) is 0. The molecule has 1 aromatic rings. The van der Waals surface area contributed by atoms with Crippen LogP contribution in [0.25, 0.3) is 0 Å². The second kappa shape index (κ2) is 4.59. The van der Waals surface area contributed by atoms with E-state index in [1.54, 1.807) is 13.8 Å². The molecule has 0 fully saturated rings.